The Kier molecular flexibility index (Phi) is 4.40. The van der Waals surface area contributed by atoms with Crippen LogP contribution in [0.5, 0.6) is 0 Å². The number of benzene rings is 1. The molecule has 0 aliphatic carbocycles. The molecule has 1 heterocycles. The van der Waals surface area contributed by atoms with Gasteiger partial charge in [-0.05, 0) is 37.6 Å². The SMILES string of the molecule is Cc1cn(-c2ccc(Cl)c(C)c2)c(=NC(=O)C(C)(C)C)s1. The van der Waals surface area contributed by atoms with E-state index in [-0.39, 0.29) is 5.91 Å². The number of aryl methyl sites for hydroxylation is 2. The van der Waals surface area contributed by atoms with Gasteiger partial charge < -0.3 is 0 Å². The number of halogens is 1. The Morgan fingerprint density at radius 2 is 1.95 bits per heavy atom. The molecule has 1 amide bonds. The third-order valence-electron chi connectivity index (χ3n) is 3.03. The van der Waals surface area contributed by atoms with Gasteiger partial charge in [-0.1, -0.05) is 32.4 Å². The molecule has 0 aliphatic heterocycles. The van der Waals surface area contributed by atoms with E-state index in [1.807, 2.05) is 63.6 Å². The van der Waals surface area contributed by atoms with Gasteiger partial charge in [0.1, 0.15) is 0 Å². The standard InChI is InChI=1S/C16H19ClN2OS/c1-10-8-12(6-7-13(10)17)19-9-11(2)21-15(19)18-14(20)16(3,4)5/h6-9H,1-5H3. The van der Waals surface area contributed by atoms with Crippen LogP contribution in [-0.4, -0.2) is 10.5 Å². The lowest BCUT2D eigenvalue weighted by atomic mass is 9.96. The Balaban J connectivity index is 2.58. The number of rotatable bonds is 1. The summed E-state index contributed by atoms with van der Waals surface area (Å²) in [5.41, 5.74) is 1.48. The maximum Gasteiger partial charge on any atom is 0.253 e. The quantitative estimate of drug-likeness (QED) is 0.771. The molecule has 0 spiro atoms. The first-order chi connectivity index (χ1) is 9.68. The van der Waals surface area contributed by atoms with Gasteiger partial charge in [-0.2, -0.15) is 4.99 Å². The predicted molar refractivity (Wildman–Crippen MR) is 88.2 cm³/mol. The van der Waals surface area contributed by atoms with Gasteiger partial charge >= 0.3 is 0 Å². The third kappa shape index (κ3) is 3.63. The number of aromatic nitrogens is 1. The normalized spacial score (nSPS) is 12.8. The second-order valence-corrected chi connectivity index (χ2v) is 7.72. The van der Waals surface area contributed by atoms with Crippen LogP contribution >= 0.6 is 22.9 Å². The van der Waals surface area contributed by atoms with E-state index < -0.39 is 5.41 Å². The third-order valence-corrected chi connectivity index (χ3v) is 4.35. The first-order valence-corrected chi connectivity index (χ1v) is 7.93. The number of carbonyl (C=O) groups excluding carboxylic acids is 1. The highest BCUT2D eigenvalue weighted by molar-refractivity contribution is 7.09. The van der Waals surface area contributed by atoms with Crippen molar-refractivity contribution in [3.63, 3.8) is 0 Å². The van der Waals surface area contributed by atoms with Crippen LogP contribution in [0.2, 0.25) is 5.02 Å². The van der Waals surface area contributed by atoms with Gasteiger partial charge in [-0.25, -0.2) is 0 Å². The average molecular weight is 323 g/mol. The summed E-state index contributed by atoms with van der Waals surface area (Å²) in [6.45, 7) is 9.58. The number of hydrogen-bond donors (Lipinski definition) is 0. The molecule has 1 aromatic carbocycles. The largest absolute Gasteiger partial charge is 0.292 e. The molecule has 3 nitrogen and oxygen atoms in total. The highest BCUT2D eigenvalue weighted by Gasteiger charge is 2.21. The summed E-state index contributed by atoms with van der Waals surface area (Å²) in [5.74, 6) is -0.121. The van der Waals surface area contributed by atoms with Crippen molar-refractivity contribution in [2.75, 3.05) is 0 Å². The van der Waals surface area contributed by atoms with E-state index in [0.717, 1.165) is 21.2 Å². The van der Waals surface area contributed by atoms with Crippen LogP contribution in [0.15, 0.2) is 29.4 Å². The Labute approximate surface area is 133 Å². The molecule has 1 aromatic heterocycles. The highest BCUT2D eigenvalue weighted by atomic mass is 35.5. The van der Waals surface area contributed by atoms with Gasteiger partial charge in [0.05, 0.1) is 0 Å². The monoisotopic (exact) mass is 322 g/mol. The molecule has 0 radical (unpaired) electrons. The van der Waals surface area contributed by atoms with Crippen LogP contribution in [0.25, 0.3) is 5.69 Å². The second kappa shape index (κ2) is 5.78. The minimum Gasteiger partial charge on any atom is -0.292 e. The van der Waals surface area contributed by atoms with Gasteiger partial charge in [-0.15, -0.1) is 11.3 Å². The van der Waals surface area contributed by atoms with Crippen LogP contribution in [0.4, 0.5) is 0 Å². The minimum atomic E-state index is -0.481. The van der Waals surface area contributed by atoms with Crippen LogP contribution in [-0.2, 0) is 4.79 Å². The van der Waals surface area contributed by atoms with Crippen LogP contribution < -0.4 is 4.80 Å². The minimum absolute atomic E-state index is 0.121. The fraction of sp³-hybridized carbons (Fsp3) is 0.375. The molecule has 0 aliphatic rings. The summed E-state index contributed by atoms with van der Waals surface area (Å²) in [5, 5.41) is 0.732. The van der Waals surface area contributed by atoms with Crippen molar-refractivity contribution in [2.24, 2.45) is 10.4 Å². The van der Waals surface area contributed by atoms with E-state index in [1.165, 1.54) is 11.3 Å². The smallest absolute Gasteiger partial charge is 0.253 e. The lowest BCUT2D eigenvalue weighted by Gasteiger charge is -2.12. The summed E-state index contributed by atoms with van der Waals surface area (Å²) in [6, 6.07) is 5.79. The van der Waals surface area contributed by atoms with Crippen molar-refractivity contribution in [1.29, 1.82) is 0 Å². The Morgan fingerprint density at radius 1 is 1.29 bits per heavy atom. The summed E-state index contributed by atoms with van der Waals surface area (Å²) in [6.07, 6.45) is 1.99. The molecule has 2 aromatic rings. The first kappa shape index (κ1) is 16.0. The summed E-state index contributed by atoms with van der Waals surface area (Å²) >= 11 is 7.58. The van der Waals surface area contributed by atoms with Crippen molar-refractivity contribution in [2.45, 2.75) is 34.6 Å². The zero-order valence-electron chi connectivity index (χ0n) is 12.9. The molecular formula is C16H19ClN2OS. The number of amides is 1. The average Bonchev–Trinajstić information content (AvgIpc) is 2.72. The highest BCUT2D eigenvalue weighted by Crippen LogP contribution is 2.20. The van der Waals surface area contributed by atoms with Gasteiger partial charge in [0.25, 0.3) is 5.91 Å². The molecule has 0 bridgehead atoms. The van der Waals surface area contributed by atoms with Crippen LogP contribution in [0, 0.1) is 19.3 Å². The predicted octanol–water partition coefficient (Wildman–Crippen LogP) is 4.28. The Bertz CT molecular complexity index is 750. The van der Waals surface area contributed by atoms with Gasteiger partial charge in [-0.3, -0.25) is 9.36 Å². The topological polar surface area (TPSA) is 34.4 Å². The van der Waals surface area contributed by atoms with Crippen molar-refractivity contribution in [3.05, 3.63) is 44.7 Å². The fourth-order valence-electron chi connectivity index (χ4n) is 1.75. The molecule has 0 unspecified atom stereocenters. The Hall–Kier alpha value is -1.39. The summed E-state index contributed by atoms with van der Waals surface area (Å²) in [7, 11) is 0. The number of thiazole rings is 1. The molecule has 0 saturated carbocycles. The van der Waals surface area contributed by atoms with Crippen LogP contribution in [0.1, 0.15) is 31.2 Å². The number of nitrogens with zero attached hydrogens (tertiary/aromatic N) is 2. The first-order valence-electron chi connectivity index (χ1n) is 6.73. The number of carbonyl (C=O) groups is 1. The molecule has 0 saturated heterocycles. The zero-order valence-corrected chi connectivity index (χ0v) is 14.5. The van der Waals surface area contributed by atoms with E-state index in [2.05, 4.69) is 4.99 Å². The Morgan fingerprint density at radius 3 is 2.52 bits per heavy atom. The summed E-state index contributed by atoms with van der Waals surface area (Å²) in [4.78, 5) is 18.2. The zero-order chi connectivity index (χ0) is 15.8. The molecule has 5 heteroatoms. The molecule has 2 rings (SSSR count). The number of hydrogen-bond acceptors (Lipinski definition) is 2. The lowest BCUT2D eigenvalue weighted by molar-refractivity contribution is -0.125. The van der Waals surface area contributed by atoms with Crippen molar-refractivity contribution in [3.8, 4) is 5.69 Å². The maximum absolute atomic E-state index is 12.2. The van der Waals surface area contributed by atoms with Crippen molar-refractivity contribution < 1.29 is 4.79 Å². The lowest BCUT2D eigenvalue weighted by Crippen LogP contribution is -2.22. The van der Waals surface area contributed by atoms with E-state index >= 15 is 0 Å². The van der Waals surface area contributed by atoms with Crippen molar-refractivity contribution in [1.82, 2.24) is 4.57 Å². The summed E-state index contributed by atoms with van der Waals surface area (Å²) < 4.78 is 1.94. The van der Waals surface area contributed by atoms with Gasteiger partial charge in [0, 0.05) is 27.2 Å². The fourth-order valence-corrected chi connectivity index (χ4v) is 2.70. The molecule has 21 heavy (non-hydrogen) atoms. The molecule has 0 atom stereocenters. The maximum atomic E-state index is 12.2. The van der Waals surface area contributed by atoms with Gasteiger partial charge in [0.2, 0.25) is 0 Å². The van der Waals surface area contributed by atoms with Crippen molar-refractivity contribution >= 4 is 28.8 Å². The van der Waals surface area contributed by atoms with Crippen LogP contribution in [0.3, 0.4) is 0 Å². The van der Waals surface area contributed by atoms with Gasteiger partial charge in [0.15, 0.2) is 4.80 Å². The van der Waals surface area contributed by atoms with E-state index in [9.17, 15) is 4.79 Å². The van der Waals surface area contributed by atoms with E-state index in [4.69, 9.17) is 11.6 Å². The molecule has 112 valence electrons. The second-order valence-electron chi connectivity index (χ2n) is 6.09. The molecule has 0 fully saturated rings. The molecular weight excluding hydrogens is 304 g/mol. The van der Waals surface area contributed by atoms with E-state index in [1.54, 1.807) is 0 Å². The van der Waals surface area contributed by atoms with E-state index in [0.29, 0.717) is 4.80 Å². The molecule has 0 N–H and O–H groups in total.